The van der Waals surface area contributed by atoms with Gasteiger partial charge in [-0.1, -0.05) is 18.2 Å². The van der Waals surface area contributed by atoms with E-state index in [4.69, 9.17) is 0 Å². The molecule has 1 aromatic carbocycles. The van der Waals surface area contributed by atoms with Gasteiger partial charge in [-0.15, -0.1) is 29.9 Å². The van der Waals surface area contributed by atoms with E-state index in [-0.39, 0.29) is 30.7 Å². The highest BCUT2D eigenvalue weighted by molar-refractivity contribution is 5.94. The van der Waals surface area contributed by atoms with Gasteiger partial charge in [0.05, 0.1) is 16.9 Å². The van der Waals surface area contributed by atoms with Crippen molar-refractivity contribution >= 4 is 41.6 Å². The number of likely N-dealkylation sites (tertiary alicyclic amines) is 1. The molecule has 0 unspecified atom stereocenters. The van der Waals surface area contributed by atoms with Gasteiger partial charge in [0.15, 0.2) is 5.69 Å². The molecule has 9 heteroatoms. The van der Waals surface area contributed by atoms with Crippen molar-refractivity contribution in [3.8, 4) is 5.69 Å². The van der Waals surface area contributed by atoms with Crippen molar-refractivity contribution in [1.82, 2.24) is 30.2 Å². The molecule has 4 rings (SSSR count). The maximum absolute atomic E-state index is 13.0. The second-order valence-corrected chi connectivity index (χ2v) is 7.33. The fourth-order valence-electron chi connectivity index (χ4n) is 3.87. The van der Waals surface area contributed by atoms with Crippen LogP contribution < -0.4 is 5.32 Å². The average Bonchev–Trinajstić information content (AvgIpc) is 3.12. The standard InChI is InChI=1S/C21H26N6O.2ClH/c1-3-22-14-16-9-12-26(13-10-16)21(28)20-15(2)27(25-24-20)19-8-4-7-18-17(19)6-5-11-23-18;;/h4-8,11,16,22H,3,9-10,12-14H2,1-2H3;2*1H. The van der Waals surface area contributed by atoms with Gasteiger partial charge < -0.3 is 10.2 Å². The number of halogens is 2. The molecule has 1 fully saturated rings. The van der Waals surface area contributed by atoms with Crippen LogP contribution in [-0.4, -0.2) is 57.0 Å². The summed E-state index contributed by atoms with van der Waals surface area (Å²) in [6, 6.07) is 9.81. The normalized spacial score (nSPS) is 14.3. The summed E-state index contributed by atoms with van der Waals surface area (Å²) in [6.45, 7) is 7.60. The average molecular weight is 451 g/mol. The van der Waals surface area contributed by atoms with Crippen LogP contribution in [0.4, 0.5) is 0 Å². The SMILES string of the molecule is CCNCC1CCN(C(=O)c2nnn(-c3cccc4ncccc34)c2C)CC1.Cl.Cl. The molecule has 1 amide bonds. The fraction of sp³-hybridized carbons (Fsp3) is 0.429. The predicted molar refractivity (Wildman–Crippen MR) is 123 cm³/mol. The van der Waals surface area contributed by atoms with Crippen molar-refractivity contribution in [2.75, 3.05) is 26.2 Å². The number of hydrogen-bond acceptors (Lipinski definition) is 5. The molecule has 1 aliphatic heterocycles. The molecule has 0 spiro atoms. The van der Waals surface area contributed by atoms with Gasteiger partial charge >= 0.3 is 0 Å². The molecule has 162 valence electrons. The minimum atomic E-state index is -0.0241. The number of nitrogens with zero attached hydrogens (tertiary/aromatic N) is 5. The summed E-state index contributed by atoms with van der Waals surface area (Å²) < 4.78 is 1.75. The van der Waals surface area contributed by atoms with E-state index in [1.165, 1.54) is 0 Å². The Morgan fingerprint density at radius 3 is 2.67 bits per heavy atom. The summed E-state index contributed by atoms with van der Waals surface area (Å²) in [5, 5.41) is 12.9. The van der Waals surface area contributed by atoms with Crippen molar-refractivity contribution in [3.05, 3.63) is 47.9 Å². The lowest BCUT2D eigenvalue weighted by molar-refractivity contribution is 0.0683. The molecule has 1 N–H and O–H groups in total. The number of benzene rings is 1. The van der Waals surface area contributed by atoms with Crippen molar-refractivity contribution < 1.29 is 4.79 Å². The Labute approximate surface area is 189 Å². The Hall–Kier alpha value is -2.22. The van der Waals surface area contributed by atoms with Gasteiger partial charge in [-0.2, -0.15) is 0 Å². The molecule has 3 heterocycles. The molecule has 3 aromatic rings. The Balaban J connectivity index is 0.00000160. The maximum atomic E-state index is 13.0. The molecular formula is C21H28Cl2N6O. The van der Waals surface area contributed by atoms with Crippen molar-refractivity contribution in [1.29, 1.82) is 0 Å². The molecule has 7 nitrogen and oxygen atoms in total. The monoisotopic (exact) mass is 450 g/mol. The lowest BCUT2D eigenvalue weighted by Gasteiger charge is -2.31. The van der Waals surface area contributed by atoms with Crippen molar-refractivity contribution in [2.45, 2.75) is 26.7 Å². The van der Waals surface area contributed by atoms with E-state index in [0.717, 1.165) is 61.3 Å². The number of rotatable bonds is 5. The highest BCUT2D eigenvalue weighted by Crippen LogP contribution is 2.23. The number of nitrogens with one attached hydrogen (secondary N) is 1. The van der Waals surface area contributed by atoms with Crippen LogP contribution in [0.2, 0.25) is 0 Å². The summed E-state index contributed by atoms with van der Waals surface area (Å²) in [5.41, 5.74) is 2.98. The van der Waals surface area contributed by atoms with Gasteiger partial charge in [0.1, 0.15) is 0 Å². The summed E-state index contributed by atoms with van der Waals surface area (Å²) >= 11 is 0. The number of piperidine rings is 1. The molecule has 0 saturated carbocycles. The lowest BCUT2D eigenvalue weighted by atomic mass is 9.96. The number of carbonyl (C=O) groups excluding carboxylic acids is 1. The molecule has 1 saturated heterocycles. The van der Waals surface area contributed by atoms with E-state index < -0.39 is 0 Å². The highest BCUT2D eigenvalue weighted by Gasteiger charge is 2.27. The Morgan fingerprint density at radius 1 is 1.17 bits per heavy atom. The summed E-state index contributed by atoms with van der Waals surface area (Å²) in [4.78, 5) is 19.3. The molecule has 0 bridgehead atoms. The maximum Gasteiger partial charge on any atom is 0.276 e. The van der Waals surface area contributed by atoms with Gasteiger partial charge in [-0.25, -0.2) is 4.68 Å². The van der Waals surface area contributed by atoms with E-state index in [1.807, 2.05) is 42.2 Å². The molecule has 0 aliphatic carbocycles. The van der Waals surface area contributed by atoms with Crippen LogP contribution in [0.1, 0.15) is 35.9 Å². The topological polar surface area (TPSA) is 75.9 Å². The van der Waals surface area contributed by atoms with E-state index in [2.05, 4.69) is 27.5 Å². The smallest absolute Gasteiger partial charge is 0.276 e. The molecular weight excluding hydrogens is 423 g/mol. The quantitative estimate of drug-likeness (QED) is 0.644. The first-order valence-corrected chi connectivity index (χ1v) is 9.95. The zero-order chi connectivity index (χ0) is 19.5. The third-order valence-electron chi connectivity index (χ3n) is 5.53. The predicted octanol–water partition coefficient (Wildman–Crippen LogP) is 3.43. The van der Waals surface area contributed by atoms with Crippen molar-refractivity contribution in [2.24, 2.45) is 5.92 Å². The third-order valence-corrected chi connectivity index (χ3v) is 5.53. The molecule has 1 aliphatic rings. The number of hydrogen-bond donors (Lipinski definition) is 1. The minimum Gasteiger partial charge on any atom is -0.337 e. The number of carbonyl (C=O) groups is 1. The summed E-state index contributed by atoms with van der Waals surface area (Å²) in [5.74, 6) is 0.618. The minimum absolute atomic E-state index is 0. The zero-order valence-corrected chi connectivity index (χ0v) is 18.9. The highest BCUT2D eigenvalue weighted by atomic mass is 35.5. The van der Waals surface area contributed by atoms with E-state index in [1.54, 1.807) is 10.9 Å². The van der Waals surface area contributed by atoms with Gasteiger partial charge in [0, 0.05) is 24.7 Å². The van der Waals surface area contributed by atoms with Crippen molar-refractivity contribution in [3.63, 3.8) is 0 Å². The largest absolute Gasteiger partial charge is 0.337 e. The van der Waals surface area contributed by atoms with Gasteiger partial charge in [-0.05, 0) is 63.0 Å². The third kappa shape index (κ3) is 4.74. The lowest BCUT2D eigenvalue weighted by Crippen LogP contribution is -2.41. The zero-order valence-electron chi connectivity index (χ0n) is 17.2. The fourth-order valence-corrected chi connectivity index (χ4v) is 3.87. The first kappa shape index (κ1) is 24.1. The molecule has 2 aromatic heterocycles. The number of aromatic nitrogens is 4. The summed E-state index contributed by atoms with van der Waals surface area (Å²) in [7, 11) is 0. The van der Waals surface area contributed by atoms with Crippen LogP contribution in [0, 0.1) is 12.8 Å². The van der Waals surface area contributed by atoms with Crippen LogP contribution in [0.5, 0.6) is 0 Å². The Bertz CT molecular complexity index is 979. The Kier molecular flexibility index (Phi) is 8.58. The van der Waals surface area contributed by atoms with Gasteiger partial charge in [0.25, 0.3) is 5.91 Å². The molecule has 0 atom stereocenters. The Morgan fingerprint density at radius 2 is 1.93 bits per heavy atom. The van der Waals surface area contributed by atoms with Gasteiger partial charge in [-0.3, -0.25) is 9.78 Å². The second-order valence-electron chi connectivity index (χ2n) is 7.33. The van der Waals surface area contributed by atoms with Crippen LogP contribution in [0.25, 0.3) is 16.6 Å². The van der Waals surface area contributed by atoms with E-state index in [9.17, 15) is 4.79 Å². The number of amides is 1. The van der Waals surface area contributed by atoms with Crippen LogP contribution in [0.15, 0.2) is 36.5 Å². The van der Waals surface area contributed by atoms with Crippen LogP contribution in [-0.2, 0) is 0 Å². The molecule has 30 heavy (non-hydrogen) atoms. The summed E-state index contributed by atoms with van der Waals surface area (Å²) in [6.07, 6.45) is 3.83. The number of pyridine rings is 1. The van der Waals surface area contributed by atoms with E-state index in [0.29, 0.717) is 11.6 Å². The molecule has 0 radical (unpaired) electrons. The first-order valence-electron chi connectivity index (χ1n) is 9.95. The van der Waals surface area contributed by atoms with Crippen LogP contribution >= 0.6 is 24.8 Å². The first-order chi connectivity index (χ1) is 13.7. The second kappa shape index (κ2) is 10.7. The van der Waals surface area contributed by atoms with Crippen LogP contribution in [0.3, 0.4) is 0 Å². The van der Waals surface area contributed by atoms with Gasteiger partial charge in [0.2, 0.25) is 0 Å². The van der Waals surface area contributed by atoms with E-state index >= 15 is 0 Å². The number of fused-ring (bicyclic) bond motifs is 1.